The van der Waals surface area contributed by atoms with Crippen LogP contribution < -0.4 is 5.32 Å². The lowest BCUT2D eigenvalue weighted by molar-refractivity contribution is -0.166. The van der Waals surface area contributed by atoms with Crippen LogP contribution in [0.1, 0.15) is 34.6 Å². The molecule has 0 saturated carbocycles. The Hall–Kier alpha value is -1.59. The largest absolute Gasteiger partial charge is 0.464 e. The fourth-order valence-electron chi connectivity index (χ4n) is 1.00. The minimum Gasteiger partial charge on any atom is -0.464 e. The molecule has 0 heterocycles. The molecule has 0 bridgehead atoms. The highest BCUT2D eigenvalue weighted by molar-refractivity contribution is 6.02. The van der Waals surface area contributed by atoms with E-state index in [1.807, 2.05) is 0 Å². The smallest absolute Gasteiger partial charge is 0.340 e. The Kier molecular flexibility index (Phi) is 5.64. The molecular weight excluding hydrogens is 226 g/mol. The molecule has 0 aliphatic heterocycles. The van der Waals surface area contributed by atoms with Gasteiger partial charge in [0.05, 0.1) is 6.61 Å². The SMILES string of the molecule is CCOC(=O)C(NC(C)=O)C(=O)OC(C)(C)C. The summed E-state index contributed by atoms with van der Waals surface area (Å²) in [6, 6.07) is -1.41. The van der Waals surface area contributed by atoms with Gasteiger partial charge in [0.15, 0.2) is 0 Å². The highest BCUT2D eigenvalue weighted by Gasteiger charge is 2.33. The first-order chi connectivity index (χ1) is 7.67. The van der Waals surface area contributed by atoms with Crippen LogP contribution in [0.3, 0.4) is 0 Å². The summed E-state index contributed by atoms with van der Waals surface area (Å²) in [7, 11) is 0. The van der Waals surface area contributed by atoms with Crippen molar-refractivity contribution in [3.8, 4) is 0 Å². The number of esters is 2. The van der Waals surface area contributed by atoms with E-state index in [-0.39, 0.29) is 6.61 Å². The van der Waals surface area contributed by atoms with Crippen molar-refractivity contribution in [2.45, 2.75) is 46.3 Å². The third kappa shape index (κ3) is 6.55. The van der Waals surface area contributed by atoms with Crippen LogP contribution in [-0.2, 0) is 23.9 Å². The van der Waals surface area contributed by atoms with Gasteiger partial charge in [0.1, 0.15) is 5.60 Å². The van der Waals surface area contributed by atoms with E-state index in [1.54, 1.807) is 27.7 Å². The summed E-state index contributed by atoms with van der Waals surface area (Å²) in [5, 5.41) is 2.20. The van der Waals surface area contributed by atoms with E-state index in [1.165, 1.54) is 6.92 Å². The second-order valence-electron chi connectivity index (χ2n) is 4.42. The second kappa shape index (κ2) is 6.22. The monoisotopic (exact) mass is 245 g/mol. The van der Waals surface area contributed by atoms with Crippen molar-refractivity contribution in [1.29, 1.82) is 0 Å². The first-order valence-corrected chi connectivity index (χ1v) is 5.34. The van der Waals surface area contributed by atoms with Crippen molar-refractivity contribution >= 4 is 17.8 Å². The molecule has 0 aliphatic rings. The number of amides is 1. The van der Waals surface area contributed by atoms with Gasteiger partial charge in [-0.3, -0.25) is 4.79 Å². The Morgan fingerprint density at radius 3 is 2.06 bits per heavy atom. The summed E-state index contributed by atoms with van der Waals surface area (Å²) >= 11 is 0. The van der Waals surface area contributed by atoms with Crippen LogP contribution in [-0.4, -0.2) is 36.1 Å². The van der Waals surface area contributed by atoms with Crippen molar-refractivity contribution in [2.75, 3.05) is 6.61 Å². The van der Waals surface area contributed by atoms with Crippen molar-refractivity contribution in [1.82, 2.24) is 5.32 Å². The molecule has 0 aromatic heterocycles. The quantitative estimate of drug-likeness (QED) is 0.572. The number of hydrogen-bond acceptors (Lipinski definition) is 5. The molecule has 1 amide bonds. The van der Waals surface area contributed by atoms with E-state index in [2.05, 4.69) is 10.1 Å². The Balaban J connectivity index is 4.73. The normalized spacial score (nSPS) is 12.5. The molecule has 0 radical (unpaired) electrons. The minimum absolute atomic E-state index is 0.123. The predicted octanol–water partition coefficient (Wildman–Crippen LogP) is 0.396. The van der Waals surface area contributed by atoms with Crippen LogP contribution in [0, 0.1) is 0 Å². The van der Waals surface area contributed by atoms with Crippen LogP contribution in [0.15, 0.2) is 0 Å². The summed E-state index contributed by atoms with van der Waals surface area (Å²) < 4.78 is 9.70. The predicted molar refractivity (Wildman–Crippen MR) is 60.1 cm³/mol. The zero-order chi connectivity index (χ0) is 13.6. The molecule has 0 aliphatic carbocycles. The van der Waals surface area contributed by atoms with Crippen molar-refractivity contribution < 1.29 is 23.9 Å². The van der Waals surface area contributed by atoms with Gasteiger partial charge < -0.3 is 14.8 Å². The Labute approximate surface area is 101 Å². The van der Waals surface area contributed by atoms with Crippen LogP contribution in [0.2, 0.25) is 0 Å². The van der Waals surface area contributed by atoms with Gasteiger partial charge in [-0.15, -0.1) is 0 Å². The first kappa shape index (κ1) is 15.4. The molecule has 17 heavy (non-hydrogen) atoms. The number of nitrogens with one attached hydrogen (secondary N) is 1. The standard InChI is InChI=1S/C11H19NO5/c1-6-16-9(14)8(12-7(2)13)10(15)17-11(3,4)5/h8H,6H2,1-5H3,(H,12,13). The third-order valence-corrected chi connectivity index (χ3v) is 1.51. The molecule has 0 spiro atoms. The van der Waals surface area contributed by atoms with Gasteiger partial charge in [-0.05, 0) is 27.7 Å². The van der Waals surface area contributed by atoms with Crippen LogP contribution >= 0.6 is 0 Å². The van der Waals surface area contributed by atoms with Gasteiger partial charge in [0.25, 0.3) is 0 Å². The third-order valence-electron chi connectivity index (χ3n) is 1.51. The van der Waals surface area contributed by atoms with E-state index in [9.17, 15) is 14.4 Å². The molecule has 0 rings (SSSR count). The van der Waals surface area contributed by atoms with E-state index >= 15 is 0 Å². The van der Waals surface area contributed by atoms with Gasteiger partial charge in [-0.25, -0.2) is 9.59 Å². The van der Waals surface area contributed by atoms with Gasteiger partial charge >= 0.3 is 11.9 Å². The van der Waals surface area contributed by atoms with Crippen molar-refractivity contribution in [2.24, 2.45) is 0 Å². The van der Waals surface area contributed by atoms with Crippen LogP contribution in [0.5, 0.6) is 0 Å². The Morgan fingerprint density at radius 1 is 1.18 bits per heavy atom. The molecule has 1 N–H and O–H groups in total. The highest BCUT2D eigenvalue weighted by Crippen LogP contribution is 2.09. The number of carbonyl (C=O) groups excluding carboxylic acids is 3. The summed E-state index contributed by atoms with van der Waals surface area (Å²) in [4.78, 5) is 34.0. The average Bonchev–Trinajstić information content (AvgIpc) is 2.11. The molecule has 6 nitrogen and oxygen atoms in total. The van der Waals surface area contributed by atoms with E-state index in [4.69, 9.17) is 4.74 Å². The van der Waals surface area contributed by atoms with E-state index in [0.29, 0.717) is 0 Å². The zero-order valence-electron chi connectivity index (χ0n) is 10.8. The van der Waals surface area contributed by atoms with Crippen molar-refractivity contribution in [3.05, 3.63) is 0 Å². The zero-order valence-corrected chi connectivity index (χ0v) is 10.8. The van der Waals surface area contributed by atoms with Gasteiger partial charge in [0, 0.05) is 6.92 Å². The molecule has 1 atom stereocenters. The Bertz CT molecular complexity index is 305. The van der Waals surface area contributed by atoms with Crippen LogP contribution in [0.4, 0.5) is 0 Å². The highest BCUT2D eigenvalue weighted by atomic mass is 16.6. The average molecular weight is 245 g/mol. The second-order valence-corrected chi connectivity index (χ2v) is 4.42. The number of carbonyl (C=O) groups is 3. The van der Waals surface area contributed by atoms with Gasteiger partial charge in [-0.2, -0.15) is 0 Å². The molecule has 0 saturated heterocycles. The van der Waals surface area contributed by atoms with Gasteiger partial charge in [-0.1, -0.05) is 0 Å². The van der Waals surface area contributed by atoms with E-state index in [0.717, 1.165) is 0 Å². The lowest BCUT2D eigenvalue weighted by atomic mass is 10.2. The number of rotatable bonds is 4. The maximum atomic E-state index is 11.7. The minimum atomic E-state index is -1.41. The molecule has 0 aromatic carbocycles. The van der Waals surface area contributed by atoms with Crippen molar-refractivity contribution in [3.63, 3.8) is 0 Å². The maximum absolute atomic E-state index is 11.7. The Morgan fingerprint density at radius 2 is 1.71 bits per heavy atom. The van der Waals surface area contributed by atoms with Gasteiger partial charge in [0.2, 0.25) is 11.9 Å². The topological polar surface area (TPSA) is 81.7 Å². The summed E-state index contributed by atoms with van der Waals surface area (Å²) in [5.74, 6) is -2.16. The molecule has 98 valence electrons. The molecule has 1 unspecified atom stereocenters. The lowest BCUT2D eigenvalue weighted by Crippen LogP contribution is -2.49. The van der Waals surface area contributed by atoms with E-state index < -0.39 is 29.5 Å². The number of hydrogen-bond donors (Lipinski definition) is 1. The maximum Gasteiger partial charge on any atom is 0.340 e. The summed E-state index contributed by atoms with van der Waals surface area (Å²) in [6.45, 7) is 7.94. The van der Waals surface area contributed by atoms with Crippen LogP contribution in [0.25, 0.3) is 0 Å². The fraction of sp³-hybridized carbons (Fsp3) is 0.727. The fourth-order valence-corrected chi connectivity index (χ4v) is 1.00. The summed E-state index contributed by atoms with van der Waals surface area (Å²) in [6.07, 6.45) is 0. The molecular formula is C11H19NO5. The number of ether oxygens (including phenoxy) is 2. The molecule has 6 heteroatoms. The first-order valence-electron chi connectivity index (χ1n) is 5.34. The summed E-state index contributed by atoms with van der Waals surface area (Å²) in [5.41, 5.74) is -0.736. The molecule has 0 fully saturated rings. The lowest BCUT2D eigenvalue weighted by Gasteiger charge is -2.23. The molecule has 0 aromatic rings.